The van der Waals surface area contributed by atoms with E-state index in [0.717, 1.165) is 5.56 Å². The van der Waals surface area contributed by atoms with Gasteiger partial charge in [0, 0.05) is 18.7 Å². The van der Waals surface area contributed by atoms with Crippen LogP contribution in [-0.2, 0) is 19.6 Å². The van der Waals surface area contributed by atoms with E-state index < -0.39 is 27.3 Å². The van der Waals surface area contributed by atoms with Crippen LogP contribution >= 0.6 is 0 Å². The van der Waals surface area contributed by atoms with Gasteiger partial charge in [0.1, 0.15) is 0 Å². The predicted molar refractivity (Wildman–Crippen MR) is 91.6 cm³/mol. The molecule has 1 aromatic rings. The molecule has 1 aromatic carbocycles. The highest BCUT2D eigenvalue weighted by molar-refractivity contribution is 7.93. The first-order valence-corrected chi connectivity index (χ1v) is 9.28. The highest BCUT2D eigenvalue weighted by Crippen LogP contribution is 2.30. The van der Waals surface area contributed by atoms with Crippen molar-refractivity contribution >= 4 is 33.3 Å². The van der Waals surface area contributed by atoms with Gasteiger partial charge in [0.25, 0.3) is 0 Å². The van der Waals surface area contributed by atoms with Crippen molar-refractivity contribution in [3.8, 4) is 0 Å². The van der Waals surface area contributed by atoms with Crippen LogP contribution in [0, 0.1) is 12.3 Å². The zero-order valence-electron chi connectivity index (χ0n) is 14.0. The summed E-state index contributed by atoms with van der Waals surface area (Å²) in [6, 6.07) is 5.03. The van der Waals surface area contributed by atoms with Gasteiger partial charge in [-0.25, -0.2) is 8.42 Å². The molecule has 1 amide bonds. The molecular weight excluding hydrogens is 332 g/mol. The lowest BCUT2D eigenvalue weighted by atomic mass is 9.89. The number of hydrogen-bond donors (Lipinski definition) is 2. The van der Waals surface area contributed by atoms with E-state index in [1.165, 1.54) is 18.2 Å². The Morgan fingerprint density at radius 1 is 1.33 bits per heavy atom. The number of rotatable bonds is 5. The van der Waals surface area contributed by atoms with Crippen LogP contribution < -0.4 is 9.62 Å². The number of amides is 1. The molecule has 0 aromatic heterocycles. The van der Waals surface area contributed by atoms with Gasteiger partial charge in [0.15, 0.2) is 0 Å². The van der Waals surface area contributed by atoms with Crippen molar-refractivity contribution in [3.05, 3.63) is 23.8 Å². The van der Waals surface area contributed by atoms with Gasteiger partial charge in [0.05, 0.1) is 16.9 Å². The second kappa shape index (κ2) is 6.43. The smallest absolute Gasteiger partial charge is 0.309 e. The maximum Gasteiger partial charge on any atom is 0.309 e. The normalized spacial score (nSPS) is 16.9. The quantitative estimate of drug-likeness (QED) is 0.841. The van der Waals surface area contributed by atoms with Crippen molar-refractivity contribution in [2.45, 2.75) is 33.6 Å². The molecule has 0 atom stereocenters. The number of carbonyl (C=O) groups excluding carboxylic acids is 1. The number of anilines is 2. The molecule has 132 valence electrons. The van der Waals surface area contributed by atoms with Crippen molar-refractivity contribution in [2.75, 3.05) is 21.9 Å². The van der Waals surface area contributed by atoms with E-state index in [2.05, 4.69) is 5.32 Å². The van der Waals surface area contributed by atoms with Crippen molar-refractivity contribution in [1.82, 2.24) is 0 Å². The van der Waals surface area contributed by atoms with Crippen LogP contribution in [0.15, 0.2) is 18.2 Å². The Bertz CT molecular complexity index is 771. The molecule has 2 N–H and O–H groups in total. The molecule has 1 saturated heterocycles. The van der Waals surface area contributed by atoms with E-state index in [1.807, 2.05) is 6.92 Å². The van der Waals surface area contributed by atoms with Crippen LogP contribution in [0.25, 0.3) is 0 Å². The third-order valence-corrected chi connectivity index (χ3v) is 5.90. The molecule has 1 fully saturated rings. The summed E-state index contributed by atoms with van der Waals surface area (Å²) in [7, 11) is -3.30. The lowest BCUT2D eigenvalue weighted by molar-refractivity contribution is -0.148. The van der Waals surface area contributed by atoms with E-state index in [4.69, 9.17) is 5.11 Å². The Morgan fingerprint density at radius 2 is 2.00 bits per heavy atom. The van der Waals surface area contributed by atoms with E-state index in [9.17, 15) is 18.0 Å². The van der Waals surface area contributed by atoms with Crippen molar-refractivity contribution in [3.63, 3.8) is 0 Å². The molecule has 0 radical (unpaired) electrons. The van der Waals surface area contributed by atoms with E-state index in [0.29, 0.717) is 24.3 Å². The second-order valence-corrected chi connectivity index (χ2v) is 8.67. The minimum Gasteiger partial charge on any atom is -0.481 e. The molecule has 1 heterocycles. The molecular formula is C16H22N2O5S. The van der Waals surface area contributed by atoms with Gasteiger partial charge in [-0.15, -0.1) is 0 Å². The number of carboxylic acid groups (broad SMARTS) is 1. The summed E-state index contributed by atoms with van der Waals surface area (Å²) in [6.07, 6.45) is 0.402. The van der Waals surface area contributed by atoms with Crippen LogP contribution in [0.4, 0.5) is 11.4 Å². The topological polar surface area (TPSA) is 104 Å². The molecule has 2 rings (SSSR count). The van der Waals surface area contributed by atoms with E-state index in [-0.39, 0.29) is 12.2 Å². The molecule has 0 saturated carbocycles. The molecule has 0 bridgehead atoms. The molecule has 1 aliphatic heterocycles. The SMILES string of the molecule is Cc1ccc(NC(=O)CC(C)(C)C(=O)O)cc1N1CCCS1(=O)=O. The minimum atomic E-state index is -3.30. The molecule has 0 unspecified atom stereocenters. The zero-order valence-corrected chi connectivity index (χ0v) is 14.8. The van der Waals surface area contributed by atoms with E-state index >= 15 is 0 Å². The number of sulfonamides is 1. The Morgan fingerprint density at radius 3 is 2.54 bits per heavy atom. The largest absolute Gasteiger partial charge is 0.481 e. The zero-order chi connectivity index (χ0) is 18.1. The Balaban J connectivity index is 2.20. The lowest BCUT2D eigenvalue weighted by Gasteiger charge is -2.21. The standard InChI is InChI=1S/C16H22N2O5S/c1-11-5-6-12(17-14(19)10-16(2,3)15(20)21)9-13(11)18-7-4-8-24(18,22)23/h5-6,9H,4,7-8,10H2,1-3H3,(H,17,19)(H,20,21). The molecule has 24 heavy (non-hydrogen) atoms. The monoisotopic (exact) mass is 354 g/mol. The first-order chi connectivity index (χ1) is 11.0. The third kappa shape index (κ3) is 3.87. The highest BCUT2D eigenvalue weighted by atomic mass is 32.2. The average molecular weight is 354 g/mol. The number of carboxylic acids is 1. The summed E-state index contributed by atoms with van der Waals surface area (Å²) < 4.78 is 25.5. The number of aryl methyl sites for hydroxylation is 1. The van der Waals surface area contributed by atoms with Crippen molar-refractivity contribution in [2.24, 2.45) is 5.41 Å². The second-order valence-electron chi connectivity index (χ2n) is 6.66. The molecule has 7 nitrogen and oxygen atoms in total. The minimum absolute atomic E-state index is 0.121. The molecule has 0 aliphatic carbocycles. The number of nitrogens with one attached hydrogen (secondary N) is 1. The van der Waals surface area contributed by atoms with Gasteiger partial charge in [0.2, 0.25) is 15.9 Å². The molecule has 8 heteroatoms. The molecule has 1 aliphatic rings. The fourth-order valence-corrected chi connectivity index (χ4v) is 4.17. The first kappa shape index (κ1) is 18.3. The average Bonchev–Trinajstić information content (AvgIpc) is 2.79. The fraction of sp³-hybridized carbons (Fsp3) is 0.500. The maximum atomic E-state index is 12.1. The van der Waals surface area contributed by atoms with Gasteiger partial charge in [-0.3, -0.25) is 13.9 Å². The van der Waals surface area contributed by atoms with Gasteiger partial charge < -0.3 is 10.4 Å². The van der Waals surface area contributed by atoms with Crippen molar-refractivity contribution < 1.29 is 23.1 Å². The summed E-state index contributed by atoms with van der Waals surface area (Å²) in [5.74, 6) is -1.36. The summed E-state index contributed by atoms with van der Waals surface area (Å²) in [5, 5.41) is 11.7. The fourth-order valence-electron chi connectivity index (χ4n) is 2.55. The third-order valence-electron chi connectivity index (χ3n) is 4.04. The van der Waals surface area contributed by atoms with Crippen LogP contribution in [0.5, 0.6) is 0 Å². The van der Waals surface area contributed by atoms with Crippen LogP contribution in [0.2, 0.25) is 0 Å². The van der Waals surface area contributed by atoms with Crippen LogP contribution in [-0.4, -0.2) is 37.7 Å². The highest BCUT2D eigenvalue weighted by Gasteiger charge is 2.31. The van der Waals surface area contributed by atoms with Gasteiger partial charge >= 0.3 is 5.97 Å². The number of nitrogens with zero attached hydrogens (tertiary/aromatic N) is 1. The van der Waals surface area contributed by atoms with Gasteiger partial charge in [-0.05, 0) is 44.9 Å². The number of hydrogen-bond acceptors (Lipinski definition) is 4. The number of benzene rings is 1. The lowest BCUT2D eigenvalue weighted by Crippen LogP contribution is -2.29. The van der Waals surface area contributed by atoms with Crippen molar-refractivity contribution in [1.29, 1.82) is 0 Å². The Hall–Kier alpha value is -2.09. The maximum absolute atomic E-state index is 12.1. The number of aliphatic carboxylic acids is 1. The summed E-state index contributed by atoms with van der Waals surface area (Å²) in [6.45, 7) is 5.19. The van der Waals surface area contributed by atoms with E-state index in [1.54, 1.807) is 18.2 Å². The number of carbonyl (C=O) groups is 2. The Labute approximate surface area is 141 Å². The summed E-state index contributed by atoms with van der Waals surface area (Å²) in [5.41, 5.74) is 0.617. The summed E-state index contributed by atoms with van der Waals surface area (Å²) >= 11 is 0. The van der Waals surface area contributed by atoms with Crippen LogP contribution in [0.3, 0.4) is 0 Å². The Kier molecular flexibility index (Phi) is 4.89. The summed E-state index contributed by atoms with van der Waals surface area (Å²) in [4.78, 5) is 23.2. The van der Waals surface area contributed by atoms with Gasteiger partial charge in [-0.1, -0.05) is 6.07 Å². The molecule has 0 spiro atoms. The first-order valence-electron chi connectivity index (χ1n) is 7.67. The predicted octanol–water partition coefficient (Wildman–Crippen LogP) is 1.97. The van der Waals surface area contributed by atoms with Gasteiger partial charge in [-0.2, -0.15) is 0 Å². The van der Waals surface area contributed by atoms with Crippen LogP contribution in [0.1, 0.15) is 32.3 Å².